The molecule has 1 N–H and O–H groups in total. The van der Waals surface area contributed by atoms with Crippen molar-refractivity contribution in [2.24, 2.45) is 4.99 Å². The lowest BCUT2D eigenvalue weighted by Gasteiger charge is -2.16. The van der Waals surface area contributed by atoms with E-state index in [9.17, 15) is 9.59 Å². The van der Waals surface area contributed by atoms with E-state index in [1.54, 1.807) is 37.3 Å². The smallest absolute Gasteiger partial charge is 0.242 e. The Balaban J connectivity index is 1.74. The first-order valence-electron chi connectivity index (χ1n) is 10.5. The van der Waals surface area contributed by atoms with E-state index in [1.807, 2.05) is 32.0 Å². The molecule has 33 heavy (non-hydrogen) atoms. The van der Waals surface area contributed by atoms with Gasteiger partial charge in [-0.1, -0.05) is 17.8 Å². The van der Waals surface area contributed by atoms with Crippen molar-refractivity contribution in [1.29, 1.82) is 0 Å². The molecule has 1 fully saturated rings. The molecule has 1 saturated heterocycles. The highest BCUT2D eigenvalue weighted by Gasteiger charge is 2.39. The summed E-state index contributed by atoms with van der Waals surface area (Å²) >= 11 is 1.30. The molecule has 3 rings (SSSR count). The number of nitrogens with one attached hydrogen (secondary N) is 1. The Hall–Kier alpha value is -3.04. The number of anilines is 1. The summed E-state index contributed by atoms with van der Waals surface area (Å²) in [5, 5.41) is 2.84. The van der Waals surface area contributed by atoms with Crippen LogP contribution in [-0.4, -0.2) is 61.6 Å². The van der Waals surface area contributed by atoms with E-state index < -0.39 is 5.25 Å². The Morgan fingerprint density at radius 1 is 1.06 bits per heavy atom. The molecule has 0 bridgehead atoms. The molecular weight excluding hydrogens is 442 g/mol. The van der Waals surface area contributed by atoms with Crippen molar-refractivity contribution in [3.63, 3.8) is 0 Å². The van der Waals surface area contributed by atoms with Gasteiger partial charge in [0.25, 0.3) is 0 Å². The summed E-state index contributed by atoms with van der Waals surface area (Å²) in [6.45, 7) is 4.82. The molecule has 0 radical (unpaired) electrons. The van der Waals surface area contributed by atoms with E-state index in [-0.39, 0.29) is 18.2 Å². The van der Waals surface area contributed by atoms with E-state index in [0.29, 0.717) is 35.5 Å². The molecule has 2 aromatic carbocycles. The van der Waals surface area contributed by atoms with E-state index in [0.717, 1.165) is 11.3 Å². The monoisotopic (exact) mass is 471 g/mol. The number of aliphatic imine (C=N–C) groups is 1. The predicted molar refractivity (Wildman–Crippen MR) is 131 cm³/mol. The second kappa shape index (κ2) is 11.2. The third-order valence-corrected chi connectivity index (χ3v) is 6.47. The number of carbonyl (C=O) groups excluding carboxylic acids is 2. The lowest BCUT2D eigenvalue weighted by molar-refractivity contribution is -0.128. The standard InChI is InChI=1S/C24H29N3O5S/c1-15-6-7-17(12-16(15)2)26-24-27(10-11-30-3)23(29)21(33-24)14-22(28)25-18-8-9-19(31-4)20(13-18)32-5/h6-9,12-13,21H,10-11,14H2,1-5H3,(H,25,28). The molecule has 0 saturated carbocycles. The zero-order valence-corrected chi connectivity index (χ0v) is 20.3. The van der Waals surface area contributed by atoms with Gasteiger partial charge < -0.3 is 19.5 Å². The molecule has 8 nitrogen and oxygen atoms in total. The van der Waals surface area contributed by atoms with Crippen molar-refractivity contribution in [1.82, 2.24) is 4.90 Å². The fraction of sp³-hybridized carbons (Fsp3) is 0.375. The zero-order valence-electron chi connectivity index (χ0n) is 19.5. The highest BCUT2D eigenvalue weighted by molar-refractivity contribution is 8.15. The second-order valence-corrected chi connectivity index (χ2v) is 8.74. The molecular formula is C24H29N3O5S. The maximum atomic E-state index is 13.1. The Bertz CT molecular complexity index is 1060. The summed E-state index contributed by atoms with van der Waals surface area (Å²) in [6, 6.07) is 11.0. The van der Waals surface area contributed by atoms with Crippen LogP contribution in [-0.2, 0) is 14.3 Å². The number of nitrogens with zero attached hydrogens (tertiary/aromatic N) is 2. The summed E-state index contributed by atoms with van der Waals surface area (Å²) in [5.41, 5.74) is 3.63. The van der Waals surface area contributed by atoms with Crippen LogP contribution in [0.4, 0.5) is 11.4 Å². The lowest BCUT2D eigenvalue weighted by atomic mass is 10.1. The van der Waals surface area contributed by atoms with E-state index >= 15 is 0 Å². The molecule has 1 aliphatic heterocycles. The number of amides is 2. The van der Waals surface area contributed by atoms with Gasteiger partial charge in [-0.3, -0.25) is 14.5 Å². The van der Waals surface area contributed by atoms with Crippen LogP contribution in [0.5, 0.6) is 11.5 Å². The Morgan fingerprint density at radius 3 is 2.48 bits per heavy atom. The van der Waals surface area contributed by atoms with Crippen LogP contribution in [0.2, 0.25) is 0 Å². The Labute approximate surface area is 198 Å². The van der Waals surface area contributed by atoms with Gasteiger partial charge in [0, 0.05) is 25.3 Å². The number of carbonyl (C=O) groups is 2. The fourth-order valence-corrected chi connectivity index (χ4v) is 4.50. The third-order valence-electron chi connectivity index (χ3n) is 5.29. The van der Waals surface area contributed by atoms with Gasteiger partial charge >= 0.3 is 0 Å². The van der Waals surface area contributed by atoms with Gasteiger partial charge in [-0.2, -0.15) is 0 Å². The molecule has 1 atom stereocenters. The highest BCUT2D eigenvalue weighted by atomic mass is 32.2. The summed E-state index contributed by atoms with van der Waals surface area (Å²) in [4.78, 5) is 32.1. The van der Waals surface area contributed by atoms with Crippen molar-refractivity contribution in [2.75, 3.05) is 39.8 Å². The average Bonchev–Trinajstić information content (AvgIpc) is 3.08. The van der Waals surface area contributed by atoms with Crippen LogP contribution < -0.4 is 14.8 Å². The second-order valence-electron chi connectivity index (χ2n) is 7.57. The number of ether oxygens (including phenoxy) is 3. The molecule has 0 aliphatic carbocycles. The summed E-state index contributed by atoms with van der Waals surface area (Å²) in [5.74, 6) is 0.655. The maximum absolute atomic E-state index is 13.1. The number of aryl methyl sites for hydroxylation is 2. The van der Waals surface area contributed by atoms with Crippen molar-refractivity contribution in [3.05, 3.63) is 47.5 Å². The number of thioether (sulfide) groups is 1. The molecule has 0 aromatic heterocycles. The summed E-state index contributed by atoms with van der Waals surface area (Å²) in [7, 11) is 4.66. The van der Waals surface area contributed by atoms with Crippen molar-refractivity contribution < 1.29 is 23.8 Å². The van der Waals surface area contributed by atoms with Crippen LogP contribution in [0.3, 0.4) is 0 Å². The van der Waals surface area contributed by atoms with Gasteiger partial charge in [0.15, 0.2) is 16.7 Å². The molecule has 0 spiro atoms. The molecule has 176 valence electrons. The zero-order chi connectivity index (χ0) is 24.0. The maximum Gasteiger partial charge on any atom is 0.242 e. The largest absolute Gasteiger partial charge is 0.493 e. The highest BCUT2D eigenvalue weighted by Crippen LogP contribution is 2.33. The van der Waals surface area contributed by atoms with Crippen molar-refractivity contribution in [3.8, 4) is 11.5 Å². The van der Waals surface area contributed by atoms with E-state index in [2.05, 4.69) is 5.32 Å². The third kappa shape index (κ3) is 6.06. The van der Waals surface area contributed by atoms with Crippen molar-refractivity contribution >= 4 is 40.1 Å². The van der Waals surface area contributed by atoms with Crippen LogP contribution >= 0.6 is 11.8 Å². The van der Waals surface area contributed by atoms with Gasteiger partial charge in [-0.05, 0) is 49.2 Å². The van der Waals surface area contributed by atoms with Gasteiger partial charge in [0.1, 0.15) is 5.25 Å². The van der Waals surface area contributed by atoms with E-state index in [4.69, 9.17) is 19.2 Å². The SMILES string of the molecule is COCCN1C(=O)C(CC(=O)Nc2ccc(OC)c(OC)c2)SC1=Nc1ccc(C)c(C)c1. The van der Waals surface area contributed by atoms with Gasteiger partial charge in [0.05, 0.1) is 33.1 Å². The molecule has 1 aliphatic rings. The molecule has 1 heterocycles. The van der Waals surface area contributed by atoms with Crippen molar-refractivity contribution in [2.45, 2.75) is 25.5 Å². The minimum absolute atomic E-state index is 0.0211. The number of hydrogen-bond donors (Lipinski definition) is 1. The van der Waals surface area contributed by atoms with Crippen LogP contribution in [0.25, 0.3) is 0 Å². The first-order chi connectivity index (χ1) is 15.9. The lowest BCUT2D eigenvalue weighted by Crippen LogP contribution is -2.35. The van der Waals surface area contributed by atoms with Crippen LogP contribution in [0, 0.1) is 13.8 Å². The van der Waals surface area contributed by atoms with Gasteiger partial charge in [0.2, 0.25) is 11.8 Å². The van der Waals surface area contributed by atoms with Gasteiger partial charge in [-0.25, -0.2) is 4.99 Å². The predicted octanol–water partition coefficient (Wildman–Crippen LogP) is 3.93. The quantitative estimate of drug-likeness (QED) is 0.596. The van der Waals surface area contributed by atoms with E-state index in [1.165, 1.54) is 24.4 Å². The number of methoxy groups -OCH3 is 3. The summed E-state index contributed by atoms with van der Waals surface area (Å²) in [6.07, 6.45) is 0.0211. The molecule has 2 aromatic rings. The number of benzene rings is 2. The number of rotatable bonds is 9. The summed E-state index contributed by atoms with van der Waals surface area (Å²) < 4.78 is 15.7. The minimum Gasteiger partial charge on any atom is -0.493 e. The first-order valence-corrected chi connectivity index (χ1v) is 11.4. The minimum atomic E-state index is -0.563. The molecule has 1 unspecified atom stereocenters. The number of hydrogen-bond acceptors (Lipinski definition) is 7. The van der Waals surface area contributed by atoms with Gasteiger partial charge in [-0.15, -0.1) is 0 Å². The average molecular weight is 472 g/mol. The Morgan fingerprint density at radius 2 is 1.82 bits per heavy atom. The first kappa shape index (κ1) is 24.6. The normalized spacial score (nSPS) is 16.9. The van der Waals surface area contributed by atoms with Crippen LogP contribution in [0.15, 0.2) is 41.4 Å². The number of amidine groups is 1. The molecule has 2 amide bonds. The molecule has 9 heteroatoms. The Kier molecular flexibility index (Phi) is 8.35. The fourth-order valence-electron chi connectivity index (χ4n) is 3.31. The van der Waals surface area contributed by atoms with Crippen LogP contribution in [0.1, 0.15) is 17.5 Å². The topological polar surface area (TPSA) is 89.5 Å².